The molecule has 1 aromatic carbocycles. The van der Waals surface area contributed by atoms with Crippen molar-refractivity contribution >= 4 is 11.9 Å². The lowest BCUT2D eigenvalue weighted by Gasteiger charge is -2.26. The van der Waals surface area contributed by atoms with Gasteiger partial charge in [0.1, 0.15) is 0 Å². The molecule has 0 heterocycles. The first-order valence-corrected chi connectivity index (χ1v) is 8.11. The lowest BCUT2D eigenvalue weighted by Crippen LogP contribution is -2.33. The van der Waals surface area contributed by atoms with Gasteiger partial charge in [0.2, 0.25) is 5.91 Å². The predicted molar refractivity (Wildman–Crippen MR) is 83.6 cm³/mol. The Morgan fingerprint density at radius 2 is 2.18 bits per heavy atom. The molecular formula is C18H23NO3. The van der Waals surface area contributed by atoms with Crippen LogP contribution in [0.2, 0.25) is 0 Å². The number of amides is 1. The van der Waals surface area contributed by atoms with Crippen molar-refractivity contribution in [2.24, 2.45) is 11.8 Å². The fraction of sp³-hybridized carbons (Fsp3) is 0.556. The molecule has 1 aromatic rings. The number of fused-ring (bicyclic) bond motifs is 2. The van der Waals surface area contributed by atoms with Gasteiger partial charge in [0.15, 0.2) is 0 Å². The molecule has 0 radical (unpaired) electrons. The van der Waals surface area contributed by atoms with E-state index >= 15 is 0 Å². The third-order valence-electron chi connectivity index (χ3n) is 5.16. The van der Waals surface area contributed by atoms with Crippen LogP contribution in [0.4, 0.5) is 0 Å². The van der Waals surface area contributed by atoms with Gasteiger partial charge in [0.25, 0.3) is 0 Å². The number of hydrogen-bond acceptors (Lipinski definition) is 2. The van der Waals surface area contributed by atoms with E-state index in [1.165, 1.54) is 11.1 Å². The molecule has 1 fully saturated rings. The Morgan fingerprint density at radius 3 is 2.95 bits per heavy atom. The highest BCUT2D eigenvalue weighted by molar-refractivity contribution is 5.84. The number of nitrogens with one attached hydrogen (secondary N) is 1. The molecule has 2 N–H and O–H groups in total. The highest BCUT2D eigenvalue weighted by atomic mass is 16.4. The molecule has 4 nitrogen and oxygen atoms in total. The molecule has 3 rings (SSSR count). The van der Waals surface area contributed by atoms with Crippen LogP contribution in [0.5, 0.6) is 0 Å². The smallest absolute Gasteiger partial charge is 0.303 e. The molecule has 4 heteroatoms. The number of carboxylic acid groups (broad SMARTS) is 1. The fourth-order valence-corrected chi connectivity index (χ4v) is 3.94. The van der Waals surface area contributed by atoms with Gasteiger partial charge in [-0.05, 0) is 42.7 Å². The Balaban J connectivity index is 1.62. The van der Waals surface area contributed by atoms with Crippen molar-refractivity contribution in [1.82, 2.24) is 5.32 Å². The second kappa shape index (κ2) is 5.75. The maximum atomic E-state index is 12.4. The minimum Gasteiger partial charge on any atom is -0.481 e. The molecule has 0 aliphatic heterocycles. The Labute approximate surface area is 130 Å². The number of aliphatic carboxylic acids is 1. The number of benzene rings is 1. The normalized spacial score (nSPS) is 27.0. The highest BCUT2D eigenvalue weighted by Gasteiger charge is 2.59. The number of carbonyl (C=O) groups is 2. The first kappa shape index (κ1) is 15.1. The first-order valence-electron chi connectivity index (χ1n) is 8.11. The predicted octanol–water partition coefficient (Wildman–Crippen LogP) is 2.51. The third kappa shape index (κ3) is 2.74. The SMILES string of the molecule is CC(CNC(=O)C1CC12CCCc1ccccc12)CC(=O)O. The van der Waals surface area contributed by atoms with Crippen molar-refractivity contribution in [3.8, 4) is 0 Å². The molecule has 2 aliphatic rings. The maximum absolute atomic E-state index is 12.4. The van der Waals surface area contributed by atoms with E-state index in [1.54, 1.807) is 0 Å². The van der Waals surface area contributed by atoms with Crippen LogP contribution in [0.15, 0.2) is 24.3 Å². The summed E-state index contributed by atoms with van der Waals surface area (Å²) in [5, 5.41) is 11.7. The summed E-state index contributed by atoms with van der Waals surface area (Å²) >= 11 is 0. The van der Waals surface area contributed by atoms with Gasteiger partial charge in [0, 0.05) is 24.3 Å². The van der Waals surface area contributed by atoms with Gasteiger partial charge >= 0.3 is 5.97 Å². The summed E-state index contributed by atoms with van der Waals surface area (Å²) in [5.41, 5.74) is 2.80. The van der Waals surface area contributed by atoms with Crippen molar-refractivity contribution in [3.05, 3.63) is 35.4 Å². The van der Waals surface area contributed by atoms with Crippen LogP contribution in [0.25, 0.3) is 0 Å². The zero-order valence-corrected chi connectivity index (χ0v) is 13.0. The Morgan fingerprint density at radius 1 is 1.41 bits per heavy atom. The van der Waals surface area contributed by atoms with Crippen LogP contribution in [-0.4, -0.2) is 23.5 Å². The van der Waals surface area contributed by atoms with Gasteiger partial charge in [-0.15, -0.1) is 0 Å². The zero-order valence-electron chi connectivity index (χ0n) is 13.0. The van der Waals surface area contributed by atoms with E-state index in [9.17, 15) is 9.59 Å². The van der Waals surface area contributed by atoms with Gasteiger partial charge in [0.05, 0.1) is 0 Å². The summed E-state index contributed by atoms with van der Waals surface area (Å²) < 4.78 is 0. The molecule has 0 saturated heterocycles. The van der Waals surface area contributed by atoms with Crippen LogP contribution < -0.4 is 5.32 Å². The van der Waals surface area contributed by atoms with Crippen molar-refractivity contribution in [1.29, 1.82) is 0 Å². The number of hydrogen-bond donors (Lipinski definition) is 2. The third-order valence-corrected chi connectivity index (χ3v) is 5.16. The quantitative estimate of drug-likeness (QED) is 0.878. The van der Waals surface area contributed by atoms with Crippen molar-refractivity contribution < 1.29 is 14.7 Å². The standard InChI is InChI=1S/C18H23NO3/c1-12(9-16(20)21)11-19-17(22)15-10-18(15)8-4-6-13-5-2-3-7-14(13)18/h2-3,5,7,12,15H,4,6,8-11H2,1H3,(H,19,22)(H,20,21). The van der Waals surface area contributed by atoms with E-state index in [1.807, 2.05) is 6.92 Å². The lowest BCUT2D eigenvalue weighted by molar-refractivity contribution is -0.138. The van der Waals surface area contributed by atoms with Gasteiger partial charge in [-0.25, -0.2) is 0 Å². The summed E-state index contributed by atoms with van der Waals surface area (Å²) in [4.78, 5) is 23.1. The topological polar surface area (TPSA) is 66.4 Å². The van der Waals surface area contributed by atoms with Gasteiger partial charge < -0.3 is 10.4 Å². The summed E-state index contributed by atoms with van der Waals surface area (Å²) in [5.74, 6) is -0.694. The van der Waals surface area contributed by atoms with Crippen LogP contribution in [0, 0.1) is 11.8 Å². The van der Waals surface area contributed by atoms with Crippen LogP contribution >= 0.6 is 0 Å². The number of carboxylic acids is 1. The molecular weight excluding hydrogens is 278 g/mol. The second-order valence-corrected chi connectivity index (χ2v) is 6.87. The number of aryl methyl sites for hydroxylation is 1. The molecule has 2 aliphatic carbocycles. The van der Waals surface area contributed by atoms with Gasteiger partial charge in [-0.3, -0.25) is 9.59 Å². The van der Waals surface area contributed by atoms with Crippen molar-refractivity contribution in [2.75, 3.05) is 6.54 Å². The summed E-state index contributed by atoms with van der Waals surface area (Å²) in [6.45, 7) is 2.30. The first-order chi connectivity index (χ1) is 10.5. The Kier molecular flexibility index (Phi) is 3.94. The molecule has 3 unspecified atom stereocenters. The van der Waals surface area contributed by atoms with Crippen LogP contribution in [0.3, 0.4) is 0 Å². The van der Waals surface area contributed by atoms with Crippen LogP contribution in [0.1, 0.15) is 43.7 Å². The molecule has 1 saturated carbocycles. The van der Waals surface area contributed by atoms with E-state index in [0.717, 1.165) is 25.7 Å². The second-order valence-electron chi connectivity index (χ2n) is 6.87. The van der Waals surface area contributed by atoms with Crippen molar-refractivity contribution in [3.63, 3.8) is 0 Å². The molecule has 118 valence electrons. The lowest BCUT2D eigenvalue weighted by atomic mass is 9.78. The van der Waals surface area contributed by atoms with E-state index in [4.69, 9.17) is 5.11 Å². The minimum absolute atomic E-state index is 0.0326. The minimum atomic E-state index is -0.814. The highest BCUT2D eigenvalue weighted by Crippen LogP contribution is 2.60. The van der Waals surface area contributed by atoms with Crippen molar-refractivity contribution in [2.45, 2.75) is 44.4 Å². The monoisotopic (exact) mass is 301 g/mol. The van der Waals surface area contributed by atoms with E-state index in [0.29, 0.717) is 6.54 Å². The van der Waals surface area contributed by atoms with E-state index < -0.39 is 5.97 Å². The molecule has 1 amide bonds. The summed E-state index contributed by atoms with van der Waals surface area (Å²) in [7, 11) is 0. The number of rotatable bonds is 5. The zero-order chi connectivity index (χ0) is 15.7. The molecule has 0 aromatic heterocycles. The Bertz CT molecular complexity index is 598. The van der Waals surface area contributed by atoms with Gasteiger partial charge in [-0.1, -0.05) is 31.2 Å². The summed E-state index contributed by atoms with van der Waals surface area (Å²) in [6.07, 6.45) is 4.38. The Hall–Kier alpha value is -1.84. The van der Waals surface area contributed by atoms with Crippen LogP contribution in [-0.2, 0) is 21.4 Å². The van der Waals surface area contributed by atoms with Gasteiger partial charge in [-0.2, -0.15) is 0 Å². The van der Waals surface area contributed by atoms with E-state index in [2.05, 4.69) is 29.6 Å². The molecule has 3 atom stereocenters. The number of carbonyl (C=O) groups excluding carboxylic acids is 1. The largest absolute Gasteiger partial charge is 0.481 e. The maximum Gasteiger partial charge on any atom is 0.303 e. The van der Waals surface area contributed by atoms with E-state index in [-0.39, 0.29) is 29.6 Å². The average molecular weight is 301 g/mol. The summed E-state index contributed by atoms with van der Waals surface area (Å²) in [6, 6.07) is 8.49. The average Bonchev–Trinajstić information content (AvgIpc) is 3.20. The fourth-order valence-electron chi connectivity index (χ4n) is 3.94. The molecule has 0 bridgehead atoms. The molecule has 22 heavy (non-hydrogen) atoms. The molecule has 1 spiro atoms.